The molecule has 0 atom stereocenters. The smallest absolute Gasteiger partial charge is 0.337 e. The zero-order chi connectivity index (χ0) is 14.0. The Hall–Kier alpha value is -2.12. The summed E-state index contributed by atoms with van der Waals surface area (Å²) in [6.07, 6.45) is 0. The fraction of sp³-hybridized carbons (Fsp3) is 0.0833. The highest BCUT2D eigenvalue weighted by atomic mass is 32.2. The maximum Gasteiger partial charge on any atom is 0.337 e. The van der Waals surface area contributed by atoms with Gasteiger partial charge in [0.15, 0.2) is 0 Å². The molecule has 7 heteroatoms. The Balaban J connectivity index is 2.63. The number of anilines is 1. The molecule has 100 valence electrons. The Morgan fingerprint density at radius 1 is 1.16 bits per heavy atom. The Bertz CT molecular complexity index is 740. The van der Waals surface area contributed by atoms with E-state index >= 15 is 0 Å². The van der Waals surface area contributed by atoms with Crippen LogP contribution in [0.2, 0.25) is 0 Å². The van der Waals surface area contributed by atoms with Crippen molar-refractivity contribution >= 4 is 32.6 Å². The van der Waals surface area contributed by atoms with Gasteiger partial charge in [0.05, 0.1) is 11.3 Å². The van der Waals surface area contributed by atoms with Gasteiger partial charge in [-0.3, -0.25) is 4.72 Å². The molecule has 0 aliphatic heterocycles. The van der Waals surface area contributed by atoms with Crippen molar-refractivity contribution in [1.82, 2.24) is 4.72 Å². The van der Waals surface area contributed by atoms with Crippen molar-refractivity contribution in [2.75, 3.05) is 11.8 Å². The van der Waals surface area contributed by atoms with Crippen LogP contribution in [-0.2, 0) is 10.2 Å². The lowest BCUT2D eigenvalue weighted by molar-refractivity contribution is 0.0698. The van der Waals surface area contributed by atoms with Crippen LogP contribution in [0.3, 0.4) is 0 Å². The van der Waals surface area contributed by atoms with E-state index in [1.807, 2.05) is 0 Å². The standard InChI is InChI=1S/C12H12N2O4S/c1-13-19(17,18)14-11-7-9-5-3-2-4-8(9)6-10(11)12(15)16/h2-7,13-14H,1H3,(H,15,16). The zero-order valence-corrected chi connectivity index (χ0v) is 10.9. The molecule has 0 radical (unpaired) electrons. The molecule has 0 spiro atoms. The number of rotatable bonds is 4. The van der Waals surface area contributed by atoms with Crippen LogP contribution in [-0.4, -0.2) is 26.5 Å². The van der Waals surface area contributed by atoms with E-state index in [0.717, 1.165) is 10.8 Å². The second-order valence-corrected chi connectivity index (χ2v) is 5.48. The largest absolute Gasteiger partial charge is 0.478 e. The molecule has 6 nitrogen and oxygen atoms in total. The van der Waals surface area contributed by atoms with E-state index in [9.17, 15) is 13.2 Å². The third kappa shape index (κ3) is 2.83. The third-order valence-corrected chi connectivity index (χ3v) is 3.66. The summed E-state index contributed by atoms with van der Waals surface area (Å²) in [7, 11) is -2.52. The molecular formula is C12H12N2O4S. The number of hydrogen-bond donors (Lipinski definition) is 3. The number of hydrogen-bond acceptors (Lipinski definition) is 3. The molecule has 3 N–H and O–H groups in total. The minimum Gasteiger partial charge on any atom is -0.478 e. The Morgan fingerprint density at radius 3 is 2.26 bits per heavy atom. The molecule has 0 aliphatic rings. The van der Waals surface area contributed by atoms with Crippen molar-refractivity contribution < 1.29 is 18.3 Å². The van der Waals surface area contributed by atoms with E-state index in [1.54, 1.807) is 24.3 Å². The minimum absolute atomic E-state index is 0.0283. The molecule has 0 unspecified atom stereocenters. The van der Waals surface area contributed by atoms with E-state index in [-0.39, 0.29) is 11.3 Å². The van der Waals surface area contributed by atoms with Gasteiger partial charge in [0.2, 0.25) is 0 Å². The van der Waals surface area contributed by atoms with Crippen LogP contribution >= 0.6 is 0 Å². The monoisotopic (exact) mass is 280 g/mol. The summed E-state index contributed by atoms with van der Waals surface area (Å²) < 4.78 is 27.2. The second-order valence-electron chi connectivity index (χ2n) is 3.86. The molecule has 0 aromatic heterocycles. The van der Waals surface area contributed by atoms with Gasteiger partial charge in [0.25, 0.3) is 10.2 Å². The van der Waals surface area contributed by atoms with Gasteiger partial charge in [-0.1, -0.05) is 24.3 Å². The van der Waals surface area contributed by atoms with Crippen LogP contribution in [0, 0.1) is 0 Å². The molecule has 2 aromatic carbocycles. The summed E-state index contributed by atoms with van der Waals surface area (Å²) in [6, 6.07) is 10.0. The van der Waals surface area contributed by atoms with Crippen molar-refractivity contribution in [3.8, 4) is 0 Å². The van der Waals surface area contributed by atoms with Gasteiger partial charge in [0.1, 0.15) is 0 Å². The van der Waals surface area contributed by atoms with E-state index in [2.05, 4.69) is 9.44 Å². The molecule has 2 aromatic rings. The number of carboxylic acids is 1. The molecule has 0 amide bonds. The first kappa shape index (κ1) is 13.3. The third-order valence-electron chi connectivity index (χ3n) is 2.63. The highest BCUT2D eigenvalue weighted by Crippen LogP contribution is 2.24. The lowest BCUT2D eigenvalue weighted by Crippen LogP contribution is -2.27. The molecule has 2 rings (SSSR count). The average molecular weight is 280 g/mol. The first-order valence-corrected chi connectivity index (χ1v) is 6.88. The topological polar surface area (TPSA) is 95.5 Å². The molecular weight excluding hydrogens is 268 g/mol. The lowest BCUT2D eigenvalue weighted by Gasteiger charge is -2.11. The van der Waals surface area contributed by atoms with Gasteiger partial charge >= 0.3 is 5.97 Å². The number of carboxylic acid groups (broad SMARTS) is 1. The first-order chi connectivity index (χ1) is 8.93. The molecule has 0 saturated heterocycles. The summed E-state index contributed by atoms with van der Waals surface area (Å²) in [5.74, 6) is -1.19. The molecule has 0 aliphatic carbocycles. The van der Waals surface area contributed by atoms with Crippen molar-refractivity contribution in [1.29, 1.82) is 0 Å². The first-order valence-electron chi connectivity index (χ1n) is 5.40. The number of carbonyl (C=O) groups is 1. The van der Waals surface area contributed by atoms with Crippen molar-refractivity contribution in [3.05, 3.63) is 42.0 Å². The van der Waals surface area contributed by atoms with Gasteiger partial charge in [-0.25, -0.2) is 9.52 Å². The van der Waals surface area contributed by atoms with Crippen LogP contribution in [0.15, 0.2) is 36.4 Å². The van der Waals surface area contributed by atoms with Crippen LogP contribution in [0.5, 0.6) is 0 Å². The maximum atomic E-state index is 11.5. The van der Waals surface area contributed by atoms with Gasteiger partial charge in [-0.05, 0) is 22.9 Å². The van der Waals surface area contributed by atoms with Gasteiger partial charge in [-0.15, -0.1) is 0 Å². The van der Waals surface area contributed by atoms with Gasteiger partial charge < -0.3 is 5.11 Å². The van der Waals surface area contributed by atoms with Crippen molar-refractivity contribution in [2.24, 2.45) is 0 Å². The lowest BCUT2D eigenvalue weighted by atomic mass is 10.1. The normalized spacial score (nSPS) is 11.4. The number of benzene rings is 2. The Kier molecular flexibility index (Phi) is 3.41. The van der Waals surface area contributed by atoms with E-state index in [0.29, 0.717) is 0 Å². The van der Waals surface area contributed by atoms with E-state index < -0.39 is 16.2 Å². The van der Waals surface area contributed by atoms with Crippen LogP contribution in [0.4, 0.5) is 5.69 Å². The zero-order valence-electron chi connectivity index (χ0n) is 10.0. The molecule has 0 heterocycles. The number of nitrogens with one attached hydrogen (secondary N) is 2. The highest BCUT2D eigenvalue weighted by molar-refractivity contribution is 7.90. The molecule has 19 heavy (non-hydrogen) atoms. The Morgan fingerprint density at radius 2 is 1.74 bits per heavy atom. The molecule has 0 bridgehead atoms. The summed E-state index contributed by atoms with van der Waals surface area (Å²) in [5.41, 5.74) is -0.0712. The summed E-state index contributed by atoms with van der Waals surface area (Å²) >= 11 is 0. The predicted molar refractivity (Wildman–Crippen MR) is 72.5 cm³/mol. The molecule has 0 saturated carbocycles. The maximum absolute atomic E-state index is 11.5. The fourth-order valence-electron chi connectivity index (χ4n) is 1.70. The summed E-state index contributed by atoms with van der Waals surface area (Å²) in [4.78, 5) is 11.2. The van der Waals surface area contributed by atoms with E-state index in [1.165, 1.54) is 19.2 Å². The van der Waals surface area contributed by atoms with Crippen molar-refractivity contribution in [2.45, 2.75) is 0 Å². The average Bonchev–Trinajstić information content (AvgIpc) is 2.37. The van der Waals surface area contributed by atoms with Crippen LogP contribution in [0.25, 0.3) is 10.8 Å². The second kappa shape index (κ2) is 4.87. The quantitative estimate of drug-likeness (QED) is 0.789. The predicted octanol–water partition coefficient (Wildman–Crippen LogP) is 1.41. The minimum atomic E-state index is -3.76. The number of fused-ring (bicyclic) bond motifs is 1. The van der Waals surface area contributed by atoms with E-state index in [4.69, 9.17) is 5.11 Å². The highest BCUT2D eigenvalue weighted by Gasteiger charge is 2.15. The van der Waals surface area contributed by atoms with Crippen LogP contribution < -0.4 is 9.44 Å². The van der Waals surface area contributed by atoms with Crippen molar-refractivity contribution in [3.63, 3.8) is 0 Å². The summed E-state index contributed by atoms with van der Waals surface area (Å²) in [6.45, 7) is 0. The fourth-order valence-corrected chi connectivity index (χ4v) is 2.26. The van der Waals surface area contributed by atoms with Crippen LogP contribution in [0.1, 0.15) is 10.4 Å². The number of aromatic carboxylic acids is 1. The Labute approximate surface area is 110 Å². The molecule has 0 fully saturated rings. The SMILES string of the molecule is CNS(=O)(=O)Nc1cc2ccccc2cc1C(=O)O. The van der Waals surface area contributed by atoms with Gasteiger partial charge in [-0.2, -0.15) is 8.42 Å². The summed E-state index contributed by atoms with van der Waals surface area (Å²) in [5, 5.41) is 10.6. The van der Waals surface area contributed by atoms with Gasteiger partial charge in [0, 0.05) is 7.05 Å².